The standard InChI is InChI=1S/C15H22N4O2/c1-17-15(21)13-8-12(6-7-18-13)19-14(20)11-4-2-10(9-16)3-5-11/h6-8,10-11H,2-5,9,16H2,1H3,(H,17,21)(H,18,19,20). The largest absolute Gasteiger partial charge is 0.354 e. The van der Waals surface area contributed by atoms with Crippen molar-refractivity contribution < 1.29 is 9.59 Å². The Morgan fingerprint density at radius 3 is 2.67 bits per heavy atom. The Bertz CT molecular complexity index is 510. The van der Waals surface area contributed by atoms with E-state index in [1.165, 1.54) is 6.20 Å². The molecule has 6 nitrogen and oxygen atoms in total. The van der Waals surface area contributed by atoms with Crippen LogP contribution in [0.1, 0.15) is 36.2 Å². The summed E-state index contributed by atoms with van der Waals surface area (Å²) in [4.78, 5) is 27.7. The van der Waals surface area contributed by atoms with Gasteiger partial charge in [-0.15, -0.1) is 0 Å². The van der Waals surface area contributed by atoms with Gasteiger partial charge >= 0.3 is 0 Å². The second-order valence-electron chi connectivity index (χ2n) is 5.45. The molecule has 1 saturated carbocycles. The van der Waals surface area contributed by atoms with Gasteiger partial charge in [-0.1, -0.05) is 0 Å². The van der Waals surface area contributed by atoms with Gasteiger partial charge < -0.3 is 16.4 Å². The van der Waals surface area contributed by atoms with Gasteiger partial charge in [-0.05, 0) is 50.3 Å². The first-order chi connectivity index (χ1) is 10.1. The Kier molecular flexibility index (Phi) is 5.27. The zero-order valence-electron chi connectivity index (χ0n) is 12.3. The third-order valence-electron chi connectivity index (χ3n) is 4.04. The smallest absolute Gasteiger partial charge is 0.269 e. The van der Waals surface area contributed by atoms with Gasteiger partial charge in [0.15, 0.2) is 0 Å². The van der Waals surface area contributed by atoms with Crippen molar-refractivity contribution >= 4 is 17.5 Å². The molecular formula is C15H22N4O2. The van der Waals surface area contributed by atoms with Crippen LogP contribution in [0.3, 0.4) is 0 Å². The number of amides is 2. The fourth-order valence-electron chi connectivity index (χ4n) is 2.67. The van der Waals surface area contributed by atoms with E-state index in [-0.39, 0.29) is 17.7 Å². The maximum Gasteiger partial charge on any atom is 0.269 e. The van der Waals surface area contributed by atoms with Crippen LogP contribution in [0.5, 0.6) is 0 Å². The van der Waals surface area contributed by atoms with E-state index in [9.17, 15) is 9.59 Å². The zero-order valence-corrected chi connectivity index (χ0v) is 12.3. The van der Waals surface area contributed by atoms with Crippen LogP contribution >= 0.6 is 0 Å². The van der Waals surface area contributed by atoms with Gasteiger partial charge in [0, 0.05) is 24.8 Å². The van der Waals surface area contributed by atoms with Gasteiger partial charge in [-0.2, -0.15) is 0 Å². The molecule has 1 fully saturated rings. The van der Waals surface area contributed by atoms with Crippen LogP contribution in [0.4, 0.5) is 5.69 Å². The number of hydrogen-bond acceptors (Lipinski definition) is 4. The Hall–Kier alpha value is -1.95. The van der Waals surface area contributed by atoms with Crippen molar-refractivity contribution in [3.63, 3.8) is 0 Å². The molecule has 0 unspecified atom stereocenters. The minimum atomic E-state index is -0.269. The highest BCUT2D eigenvalue weighted by Crippen LogP contribution is 2.29. The van der Waals surface area contributed by atoms with Gasteiger partial charge in [0.2, 0.25) is 5.91 Å². The zero-order chi connectivity index (χ0) is 15.2. The molecule has 114 valence electrons. The van der Waals surface area contributed by atoms with Gasteiger partial charge in [-0.3, -0.25) is 14.6 Å². The maximum atomic E-state index is 12.2. The fourth-order valence-corrected chi connectivity index (χ4v) is 2.67. The lowest BCUT2D eigenvalue weighted by Gasteiger charge is -2.26. The molecule has 1 aliphatic rings. The van der Waals surface area contributed by atoms with Crippen LogP contribution in [0, 0.1) is 11.8 Å². The number of anilines is 1. The first-order valence-corrected chi connectivity index (χ1v) is 7.33. The van der Waals surface area contributed by atoms with Gasteiger partial charge in [0.05, 0.1) is 0 Å². The highest BCUT2D eigenvalue weighted by atomic mass is 16.2. The highest BCUT2D eigenvalue weighted by molar-refractivity contribution is 5.96. The molecule has 0 aromatic carbocycles. The van der Waals surface area contributed by atoms with E-state index >= 15 is 0 Å². The molecule has 21 heavy (non-hydrogen) atoms. The summed E-state index contributed by atoms with van der Waals surface area (Å²) >= 11 is 0. The molecule has 0 bridgehead atoms. The van der Waals surface area contributed by atoms with E-state index in [1.54, 1.807) is 19.2 Å². The van der Waals surface area contributed by atoms with Gasteiger partial charge in [-0.25, -0.2) is 0 Å². The Morgan fingerprint density at radius 2 is 2.05 bits per heavy atom. The molecule has 0 atom stereocenters. The lowest BCUT2D eigenvalue weighted by atomic mass is 9.81. The Balaban J connectivity index is 1.95. The van der Waals surface area contributed by atoms with Crippen molar-refractivity contribution in [1.82, 2.24) is 10.3 Å². The summed E-state index contributed by atoms with van der Waals surface area (Å²) in [6.07, 6.45) is 5.29. The van der Waals surface area contributed by atoms with Gasteiger partial charge in [0.1, 0.15) is 5.69 Å². The van der Waals surface area contributed by atoms with E-state index in [1.807, 2.05) is 0 Å². The second kappa shape index (κ2) is 7.17. The molecule has 0 aliphatic heterocycles. The summed E-state index contributed by atoms with van der Waals surface area (Å²) in [5, 5.41) is 5.38. The number of aromatic nitrogens is 1. The van der Waals surface area contributed by atoms with E-state index in [4.69, 9.17) is 5.73 Å². The van der Waals surface area contributed by atoms with Crippen molar-refractivity contribution in [2.24, 2.45) is 17.6 Å². The molecule has 6 heteroatoms. The first-order valence-electron chi connectivity index (χ1n) is 7.33. The summed E-state index contributed by atoms with van der Waals surface area (Å²) in [6.45, 7) is 0.703. The number of nitrogens with one attached hydrogen (secondary N) is 2. The number of nitrogens with two attached hydrogens (primary N) is 1. The third-order valence-corrected chi connectivity index (χ3v) is 4.04. The van der Waals surface area contributed by atoms with Crippen LogP contribution in [-0.2, 0) is 4.79 Å². The number of carbonyl (C=O) groups is 2. The lowest BCUT2D eigenvalue weighted by molar-refractivity contribution is -0.121. The number of hydrogen-bond donors (Lipinski definition) is 3. The number of pyridine rings is 1. The van der Waals surface area contributed by atoms with Crippen LogP contribution in [-0.4, -0.2) is 30.4 Å². The molecule has 1 heterocycles. The van der Waals surface area contributed by atoms with E-state index in [0.717, 1.165) is 25.7 Å². The van der Waals surface area contributed by atoms with Gasteiger partial charge in [0.25, 0.3) is 5.91 Å². The molecule has 0 radical (unpaired) electrons. The quantitative estimate of drug-likeness (QED) is 0.774. The fraction of sp³-hybridized carbons (Fsp3) is 0.533. The van der Waals surface area contributed by atoms with Crippen LogP contribution < -0.4 is 16.4 Å². The molecule has 0 spiro atoms. The van der Waals surface area contributed by atoms with Crippen LogP contribution in [0.15, 0.2) is 18.3 Å². The van der Waals surface area contributed by atoms with Crippen LogP contribution in [0.25, 0.3) is 0 Å². The Labute approximate surface area is 124 Å². The van der Waals surface area contributed by atoms with Crippen molar-refractivity contribution in [2.45, 2.75) is 25.7 Å². The first kappa shape index (κ1) is 15.4. The summed E-state index contributed by atoms with van der Waals surface area (Å²) in [5.41, 5.74) is 6.56. The number of carbonyl (C=O) groups excluding carboxylic acids is 2. The molecule has 1 aromatic rings. The minimum absolute atomic E-state index is 0.0135. The molecule has 4 N–H and O–H groups in total. The third kappa shape index (κ3) is 4.01. The molecular weight excluding hydrogens is 268 g/mol. The molecule has 2 rings (SSSR count). The predicted molar refractivity (Wildman–Crippen MR) is 80.8 cm³/mol. The molecule has 1 aliphatic carbocycles. The predicted octanol–water partition coefficient (Wildman–Crippen LogP) is 1.14. The molecule has 0 saturated heterocycles. The lowest BCUT2D eigenvalue weighted by Crippen LogP contribution is -2.29. The van der Waals surface area contributed by atoms with E-state index in [2.05, 4.69) is 15.6 Å². The minimum Gasteiger partial charge on any atom is -0.354 e. The number of rotatable bonds is 4. The summed E-state index contributed by atoms with van der Waals surface area (Å²) in [5.74, 6) is 0.327. The highest BCUT2D eigenvalue weighted by Gasteiger charge is 2.25. The average Bonchev–Trinajstić information content (AvgIpc) is 2.54. The van der Waals surface area contributed by atoms with Crippen molar-refractivity contribution in [2.75, 3.05) is 18.9 Å². The van der Waals surface area contributed by atoms with E-state index in [0.29, 0.717) is 23.8 Å². The summed E-state index contributed by atoms with van der Waals surface area (Å²) < 4.78 is 0. The normalized spacial score (nSPS) is 21.6. The van der Waals surface area contributed by atoms with Crippen molar-refractivity contribution in [3.8, 4) is 0 Å². The molecule has 1 aromatic heterocycles. The summed E-state index contributed by atoms with van der Waals surface area (Å²) in [7, 11) is 1.55. The van der Waals surface area contributed by atoms with Crippen LogP contribution in [0.2, 0.25) is 0 Å². The van der Waals surface area contributed by atoms with E-state index < -0.39 is 0 Å². The second-order valence-corrected chi connectivity index (χ2v) is 5.45. The average molecular weight is 290 g/mol. The monoisotopic (exact) mass is 290 g/mol. The number of nitrogens with zero attached hydrogens (tertiary/aromatic N) is 1. The topological polar surface area (TPSA) is 97.1 Å². The Morgan fingerprint density at radius 1 is 1.33 bits per heavy atom. The molecule has 2 amide bonds. The maximum absolute atomic E-state index is 12.2. The van der Waals surface area contributed by atoms with Crippen molar-refractivity contribution in [3.05, 3.63) is 24.0 Å². The van der Waals surface area contributed by atoms with Crippen molar-refractivity contribution in [1.29, 1.82) is 0 Å². The summed E-state index contributed by atoms with van der Waals surface area (Å²) in [6, 6.07) is 3.28. The SMILES string of the molecule is CNC(=O)c1cc(NC(=O)C2CCC(CN)CC2)ccn1.